The third kappa shape index (κ3) is 4.69. The number of rotatable bonds is 5. The van der Waals surface area contributed by atoms with E-state index in [0.717, 1.165) is 18.0 Å². The van der Waals surface area contributed by atoms with E-state index in [1.807, 2.05) is 22.4 Å². The Labute approximate surface area is 172 Å². The van der Waals surface area contributed by atoms with Crippen LogP contribution in [0.25, 0.3) is 10.7 Å². The van der Waals surface area contributed by atoms with Crippen molar-refractivity contribution < 1.29 is 14.1 Å². The Morgan fingerprint density at radius 3 is 2.55 bits per heavy atom. The average molecular weight is 411 g/mol. The predicted octanol–water partition coefficient (Wildman–Crippen LogP) is 2.71. The van der Waals surface area contributed by atoms with E-state index in [1.54, 1.807) is 35.6 Å². The number of hydrogen-bond donors (Lipinski definition) is 1. The largest absolute Gasteiger partial charge is 0.338 e. The number of nitrogens with one attached hydrogen (secondary N) is 1. The van der Waals surface area contributed by atoms with Crippen molar-refractivity contribution in [2.45, 2.75) is 13.5 Å². The zero-order chi connectivity index (χ0) is 20.2. The van der Waals surface area contributed by atoms with Crippen molar-refractivity contribution in [3.8, 4) is 10.7 Å². The molecule has 1 aliphatic rings. The minimum Gasteiger partial charge on any atom is -0.338 e. The van der Waals surface area contributed by atoms with Crippen LogP contribution in [0.3, 0.4) is 0 Å². The number of piperazine rings is 1. The lowest BCUT2D eigenvalue weighted by Gasteiger charge is -2.34. The summed E-state index contributed by atoms with van der Waals surface area (Å²) < 4.78 is 5.37. The fourth-order valence-electron chi connectivity index (χ4n) is 3.21. The van der Waals surface area contributed by atoms with Gasteiger partial charge in [-0.25, -0.2) is 0 Å². The molecule has 0 radical (unpaired) electrons. The summed E-state index contributed by atoms with van der Waals surface area (Å²) in [6.45, 7) is 4.79. The molecule has 3 heterocycles. The van der Waals surface area contributed by atoms with Crippen LogP contribution in [-0.4, -0.2) is 57.9 Å². The highest BCUT2D eigenvalue weighted by Gasteiger charge is 2.23. The summed E-state index contributed by atoms with van der Waals surface area (Å²) in [4.78, 5) is 33.3. The highest BCUT2D eigenvalue weighted by Crippen LogP contribution is 2.22. The molecule has 29 heavy (non-hydrogen) atoms. The highest BCUT2D eigenvalue weighted by atomic mass is 32.1. The van der Waals surface area contributed by atoms with Crippen LogP contribution in [0, 0.1) is 0 Å². The van der Waals surface area contributed by atoms with Gasteiger partial charge >= 0.3 is 0 Å². The number of anilines is 1. The Hall–Kier alpha value is -3.04. The Kier molecular flexibility index (Phi) is 5.68. The summed E-state index contributed by atoms with van der Waals surface area (Å²) in [6.07, 6.45) is 0. The van der Waals surface area contributed by atoms with Crippen molar-refractivity contribution in [2.24, 2.45) is 0 Å². The average Bonchev–Trinajstić information content (AvgIpc) is 3.40. The molecule has 1 aromatic carbocycles. The third-order valence-electron chi connectivity index (χ3n) is 4.68. The van der Waals surface area contributed by atoms with E-state index in [2.05, 4.69) is 20.4 Å². The van der Waals surface area contributed by atoms with E-state index in [9.17, 15) is 9.59 Å². The Morgan fingerprint density at radius 1 is 1.14 bits per heavy atom. The van der Waals surface area contributed by atoms with Gasteiger partial charge in [-0.05, 0) is 35.7 Å². The van der Waals surface area contributed by atoms with Gasteiger partial charge in [-0.1, -0.05) is 11.2 Å². The summed E-state index contributed by atoms with van der Waals surface area (Å²) in [5, 5.41) is 8.72. The second-order valence-electron chi connectivity index (χ2n) is 6.82. The van der Waals surface area contributed by atoms with E-state index >= 15 is 0 Å². The van der Waals surface area contributed by atoms with Crippen molar-refractivity contribution in [3.63, 3.8) is 0 Å². The molecule has 1 N–H and O–H groups in total. The first kappa shape index (κ1) is 19.3. The first-order chi connectivity index (χ1) is 14.1. The predicted molar refractivity (Wildman–Crippen MR) is 110 cm³/mol. The van der Waals surface area contributed by atoms with E-state index in [0.29, 0.717) is 42.6 Å². The number of nitrogens with zero attached hydrogens (tertiary/aromatic N) is 4. The summed E-state index contributed by atoms with van der Waals surface area (Å²) in [5.41, 5.74) is 1.30. The molecule has 8 nitrogen and oxygen atoms in total. The molecular formula is C20H21N5O3S. The van der Waals surface area contributed by atoms with Crippen molar-refractivity contribution >= 4 is 28.8 Å². The second-order valence-corrected chi connectivity index (χ2v) is 7.76. The number of carbonyl (C=O) groups is 2. The molecule has 9 heteroatoms. The van der Waals surface area contributed by atoms with Gasteiger partial charge in [-0.2, -0.15) is 4.98 Å². The van der Waals surface area contributed by atoms with Crippen molar-refractivity contribution in [2.75, 3.05) is 31.5 Å². The lowest BCUT2D eigenvalue weighted by Crippen LogP contribution is -2.48. The Morgan fingerprint density at radius 2 is 1.90 bits per heavy atom. The Bertz CT molecular complexity index is 976. The number of amides is 2. The van der Waals surface area contributed by atoms with Crippen LogP contribution in [0.1, 0.15) is 23.2 Å². The standard InChI is InChI=1S/C20H21N5O3S/c1-14(26)21-16-6-4-15(5-7-16)20(27)25-10-8-24(9-11-25)13-18-22-19(23-28-18)17-3-2-12-29-17/h2-7,12H,8-11,13H2,1H3,(H,21,26). The lowest BCUT2D eigenvalue weighted by atomic mass is 10.1. The third-order valence-corrected chi connectivity index (χ3v) is 5.55. The minimum atomic E-state index is -0.135. The van der Waals surface area contributed by atoms with Crippen LogP contribution in [0.15, 0.2) is 46.3 Å². The molecule has 2 amide bonds. The topological polar surface area (TPSA) is 91.6 Å². The van der Waals surface area contributed by atoms with Gasteiger partial charge in [-0.3, -0.25) is 14.5 Å². The first-order valence-corrected chi connectivity index (χ1v) is 10.2. The molecule has 3 aromatic rings. The SMILES string of the molecule is CC(=O)Nc1ccc(C(=O)N2CCN(Cc3nc(-c4cccs4)no3)CC2)cc1. The molecule has 1 fully saturated rings. The smallest absolute Gasteiger partial charge is 0.253 e. The lowest BCUT2D eigenvalue weighted by molar-refractivity contribution is -0.114. The maximum absolute atomic E-state index is 12.7. The second kappa shape index (κ2) is 8.54. The molecule has 0 unspecified atom stereocenters. The van der Waals surface area contributed by atoms with Crippen LogP contribution in [-0.2, 0) is 11.3 Å². The molecule has 4 rings (SSSR count). The van der Waals surface area contributed by atoms with E-state index in [4.69, 9.17) is 4.52 Å². The summed E-state index contributed by atoms with van der Waals surface area (Å²) in [6, 6.07) is 10.9. The van der Waals surface area contributed by atoms with Crippen LogP contribution in [0.2, 0.25) is 0 Å². The molecule has 150 valence electrons. The van der Waals surface area contributed by atoms with Gasteiger partial charge in [0.1, 0.15) is 0 Å². The monoisotopic (exact) mass is 411 g/mol. The van der Waals surface area contributed by atoms with Gasteiger partial charge in [0.2, 0.25) is 17.6 Å². The van der Waals surface area contributed by atoms with Crippen LogP contribution < -0.4 is 5.32 Å². The van der Waals surface area contributed by atoms with Crippen LogP contribution in [0.5, 0.6) is 0 Å². The molecule has 0 spiro atoms. The summed E-state index contributed by atoms with van der Waals surface area (Å²) >= 11 is 1.58. The number of benzene rings is 1. The van der Waals surface area contributed by atoms with Crippen molar-refractivity contribution in [1.82, 2.24) is 19.9 Å². The normalized spacial score (nSPS) is 14.7. The maximum Gasteiger partial charge on any atom is 0.253 e. The van der Waals surface area contributed by atoms with Crippen LogP contribution >= 0.6 is 11.3 Å². The molecule has 0 atom stereocenters. The molecule has 0 bridgehead atoms. The van der Waals surface area contributed by atoms with Crippen molar-refractivity contribution in [3.05, 3.63) is 53.2 Å². The fraction of sp³-hybridized carbons (Fsp3) is 0.300. The first-order valence-electron chi connectivity index (χ1n) is 9.34. The number of aromatic nitrogens is 2. The molecule has 2 aromatic heterocycles. The van der Waals surface area contributed by atoms with Gasteiger partial charge in [0.15, 0.2) is 0 Å². The van der Waals surface area contributed by atoms with Gasteiger partial charge in [0, 0.05) is 44.4 Å². The molecule has 0 saturated carbocycles. The van der Waals surface area contributed by atoms with Crippen molar-refractivity contribution in [1.29, 1.82) is 0 Å². The summed E-state index contributed by atoms with van der Waals surface area (Å²) in [7, 11) is 0. The maximum atomic E-state index is 12.7. The fourth-order valence-corrected chi connectivity index (χ4v) is 3.86. The number of carbonyl (C=O) groups excluding carboxylic acids is 2. The van der Waals surface area contributed by atoms with Gasteiger partial charge < -0.3 is 14.7 Å². The van der Waals surface area contributed by atoms with Gasteiger partial charge in [0.05, 0.1) is 11.4 Å². The summed E-state index contributed by atoms with van der Waals surface area (Å²) in [5.74, 6) is 1.06. The molecule has 1 aliphatic heterocycles. The van der Waals surface area contributed by atoms with E-state index < -0.39 is 0 Å². The van der Waals surface area contributed by atoms with Gasteiger partial charge in [-0.15, -0.1) is 11.3 Å². The molecule has 1 saturated heterocycles. The number of hydrogen-bond acceptors (Lipinski definition) is 7. The van der Waals surface area contributed by atoms with E-state index in [-0.39, 0.29) is 11.8 Å². The minimum absolute atomic E-state index is 0.00297. The quantitative estimate of drug-likeness (QED) is 0.694. The highest BCUT2D eigenvalue weighted by molar-refractivity contribution is 7.13. The zero-order valence-corrected chi connectivity index (χ0v) is 16.8. The molecule has 0 aliphatic carbocycles. The Balaban J connectivity index is 1.30. The molecular weight excluding hydrogens is 390 g/mol. The number of thiophene rings is 1. The van der Waals surface area contributed by atoms with E-state index in [1.165, 1.54) is 6.92 Å². The van der Waals surface area contributed by atoms with Crippen LogP contribution in [0.4, 0.5) is 5.69 Å². The zero-order valence-electron chi connectivity index (χ0n) is 16.0. The van der Waals surface area contributed by atoms with Gasteiger partial charge in [0.25, 0.3) is 5.91 Å².